The largest absolute Gasteiger partial charge is 0.452 e. The highest BCUT2D eigenvalue weighted by molar-refractivity contribution is 6.05. The highest BCUT2D eigenvalue weighted by Crippen LogP contribution is 2.27. The Morgan fingerprint density at radius 1 is 0.973 bits per heavy atom. The van der Waals surface area contributed by atoms with E-state index in [0.717, 1.165) is 0 Å². The predicted octanol–water partition coefficient (Wildman–Crippen LogP) is 5.61. The van der Waals surface area contributed by atoms with E-state index in [4.69, 9.17) is 10.00 Å². The molecule has 0 aliphatic carbocycles. The van der Waals surface area contributed by atoms with Crippen molar-refractivity contribution < 1.29 is 27.8 Å². The second kappa shape index (κ2) is 11.7. The molecule has 0 bridgehead atoms. The average Bonchev–Trinajstić information content (AvgIpc) is 2.92. The topological polar surface area (TPSA) is 92.5 Å². The van der Waals surface area contributed by atoms with E-state index in [0.29, 0.717) is 27.8 Å². The highest BCUT2D eigenvalue weighted by atomic mass is 19.3. The van der Waals surface area contributed by atoms with Crippen molar-refractivity contribution >= 4 is 28.5 Å². The minimum Gasteiger partial charge on any atom is -0.452 e. The van der Waals surface area contributed by atoms with E-state index >= 15 is 0 Å². The van der Waals surface area contributed by atoms with Crippen LogP contribution in [0.1, 0.15) is 16.8 Å². The van der Waals surface area contributed by atoms with Gasteiger partial charge in [0, 0.05) is 23.2 Å². The Labute approximate surface area is 211 Å². The number of hydrogen-bond acceptors (Lipinski definition) is 6. The number of amides is 1. The van der Waals surface area contributed by atoms with Crippen LogP contribution in [0.2, 0.25) is 0 Å². The second-order valence-corrected chi connectivity index (χ2v) is 7.84. The number of nitriles is 1. The van der Waals surface area contributed by atoms with E-state index < -0.39 is 25.1 Å². The molecule has 0 saturated carbocycles. The zero-order chi connectivity index (χ0) is 26.2. The third-order valence-corrected chi connectivity index (χ3v) is 5.45. The molecule has 0 saturated heterocycles. The van der Waals surface area contributed by atoms with Crippen LogP contribution in [-0.2, 0) is 9.53 Å². The van der Waals surface area contributed by atoms with Crippen LogP contribution in [0.4, 0.5) is 14.5 Å². The van der Waals surface area contributed by atoms with Gasteiger partial charge >= 0.3 is 12.6 Å². The molecule has 1 aromatic heterocycles. The molecule has 1 amide bonds. The number of anilines is 1. The molecule has 3 aromatic carbocycles. The molecule has 186 valence electrons. The fourth-order valence-electron chi connectivity index (χ4n) is 3.75. The van der Waals surface area contributed by atoms with Gasteiger partial charge in [-0.1, -0.05) is 36.4 Å². The van der Waals surface area contributed by atoms with Gasteiger partial charge in [0.15, 0.2) is 6.61 Å². The molecule has 0 unspecified atom stereocenters. The number of carbonyl (C=O) groups is 2. The van der Waals surface area contributed by atoms with Crippen LogP contribution in [0.25, 0.3) is 22.2 Å². The van der Waals surface area contributed by atoms with E-state index in [1.54, 1.807) is 60.7 Å². The summed E-state index contributed by atoms with van der Waals surface area (Å²) in [5.41, 5.74) is 2.30. The molecule has 0 spiro atoms. The maximum absolute atomic E-state index is 13.1. The van der Waals surface area contributed by atoms with Crippen molar-refractivity contribution in [3.8, 4) is 23.1 Å². The first-order chi connectivity index (χ1) is 18.0. The van der Waals surface area contributed by atoms with Crippen molar-refractivity contribution in [1.29, 1.82) is 5.26 Å². The number of nitrogens with zero attached hydrogens (tertiary/aromatic N) is 3. The van der Waals surface area contributed by atoms with Gasteiger partial charge in [0.1, 0.15) is 5.75 Å². The number of halogens is 2. The molecule has 4 rings (SSSR count). The van der Waals surface area contributed by atoms with Gasteiger partial charge in [-0.15, -0.1) is 0 Å². The number of alkyl halides is 2. The second-order valence-electron chi connectivity index (χ2n) is 7.84. The Balaban J connectivity index is 1.58. The summed E-state index contributed by atoms with van der Waals surface area (Å²) in [4.78, 5) is 32.0. The number of benzene rings is 3. The van der Waals surface area contributed by atoms with Gasteiger partial charge in [0.05, 0.1) is 29.3 Å². The van der Waals surface area contributed by atoms with Crippen LogP contribution in [0.5, 0.6) is 5.75 Å². The van der Waals surface area contributed by atoms with Gasteiger partial charge in [0.2, 0.25) is 0 Å². The Morgan fingerprint density at radius 3 is 2.38 bits per heavy atom. The van der Waals surface area contributed by atoms with Crippen LogP contribution in [0.3, 0.4) is 0 Å². The van der Waals surface area contributed by atoms with Gasteiger partial charge in [-0.05, 0) is 48.5 Å². The van der Waals surface area contributed by atoms with Crippen molar-refractivity contribution in [2.75, 3.05) is 18.1 Å². The Bertz CT molecular complexity index is 1440. The van der Waals surface area contributed by atoms with Crippen LogP contribution < -0.4 is 9.64 Å². The smallest absolute Gasteiger partial charge is 0.387 e. The number of fused-ring (bicyclic) bond motifs is 1. The average molecular weight is 501 g/mol. The molecule has 37 heavy (non-hydrogen) atoms. The van der Waals surface area contributed by atoms with Gasteiger partial charge in [-0.2, -0.15) is 14.0 Å². The maximum atomic E-state index is 13.1. The van der Waals surface area contributed by atoms with Crippen molar-refractivity contribution in [3.05, 3.63) is 90.5 Å². The number of ether oxygens (including phenoxy) is 2. The van der Waals surface area contributed by atoms with Crippen LogP contribution in [0, 0.1) is 11.3 Å². The number of rotatable bonds is 9. The number of pyridine rings is 1. The normalized spacial score (nSPS) is 10.6. The number of para-hydroxylation sites is 2. The summed E-state index contributed by atoms with van der Waals surface area (Å²) in [6.07, 6.45) is 0.119. The number of esters is 1. The number of aromatic nitrogens is 1. The molecule has 1 heterocycles. The first-order valence-corrected chi connectivity index (χ1v) is 11.3. The molecule has 0 fully saturated rings. The maximum Gasteiger partial charge on any atom is 0.387 e. The number of hydrogen-bond donors (Lipinski definition) is 0. The van der Waals surface area contributed by atoms with Gasteiger partial charge in [-0.3, -0.25) is 4.79 Å². The Hall–Kier alpha value is -4.84. The van der Waals surface area contributed by atoms with Gasteiger partial charge < -0.3 is 14.4 Å². The molecule has 7 nitrogen and oxygen atoms in total. The van der Waals surface area contributed by atoms with Crippen molar-refractivity contribution in [3.63, 3.8) is 0 Å². The number of carbonyl (C=O) groups excluding carboxylic acids is 2. The lowest BCUT2D eigenvalue weighted by atomic mass is 10.0. The summed E-state index contributed by atoms with van der Waals surface area (Å²) in [6.45, 7) is -3.30. The summed E-state index contributed by atoms with van der Waals surface area (Å²) < 4.78 is 34.7. The molecular formula is C28H21F2N3O4. The van der Waals surface area contributed by atoms with Crippen LogP contribution in [-0.4, -0.2) is 36.6 Å². The molecule has 9 heteroatoms. The zero-order valence-electron chi connectivity index (χ0n) is 19.5. The molecule has 0 atom stereocenters. The predicted molar refractivity (Wildman–Crippen MR) is 133 cm³/mol. The van der Waals surface area contributed by atoms with Gasteiger partial charge in [-0.25, -0.2) is 9.78 Å². The van der Waals surface area contributed by atoms with Crippen LogP contribution in [0.15, 0.2) is 84.9 Å². The summed E-state index contributed by atoms with van der Waals surface area (Å²) >= 11 is 0. The lowest BCUT2D eigenvalue weighted by Crippen LogP contribution is -2.35. The van der Waals surface area contributed by atoms with E-state index in [1.165, 1.54) is 23.1 Å². The van der Waals surface area contributed by atoms with E-state index in [9.17, 15) is 18.4 Å². The first kappa shape index (κ1) is 25.3. The molecule has 0 N–H and O–H groups in total. The summed E-state index contributed by atoms with van der Waals surface area (Å²) in [5, 5.41) is 9.50. The molecule has 0 radical (unpaired) electrons. The molecule has 0 aliphatic heterocycles. The SMILES string of the molecule is N#CCCN(C(=O)COC(=O)c1cc(-c2ccc(OC(F)F)cc2)nc2ccccc12)c1ccccc1. The summed E-state index contributed by atoms with van der Waals surface area (Å²) in [5.74, 6) is -1.20. The van der Waals surface area contributed by atoms with E-state index in [-0.39, 0.29) is 24.3 Å². The van der Waals surface area contributed by atoms with Crippen molar-refractivity contribution in [2.45, 2.75) is 13.0 Å². The fraction of sp³-hybridized carbons (Fsp3) is 0.143. The fourth-order valence-corrected chi connectivity index (χ4v) is 3.75. The molecule has 0 aliphatic rings. The lowest BCUT2D eigenvalue weighted by molar-refractivity contribution is -0.121. The Kier molecular flexibility index (Phi) is 8.01. The first-order valence-electron chi connectivity index (χ1n) is 11.3. The van der Waals surface area contributed by atoms with Crippen LogP contribution >= 0.6 is 0 Å². The lowest BCUT2D eigenvalue weighted by Gasteiger charge is -2.21. The summed E-state index contributed by atoms with van der Waals surface area (Å²) in [6, 6.07) is 25.2. The van der Waals surface area contributed by atoms with E-state index in [1.807, 2.05) is 12.1 Å². The molecule has 4 aromatic rings. The standard InChI is InChI=1S/C28H21F2N3O4/c29-28(30)37-21-13-11-19(12-14-21)25-17-23(22-9-4-5-10-24(22)32-25)27(35)36-18-26(34)33(16-6-15-31)20-7-2-1-3-8-20/h1-5,7-14,17,28H,6,16,18H2. The minimum atomic E-state index is -2.94. The van der Waals surface area contributed by atoms with E-state index in [2.05, 4.69) is 9.72 Å². The minimum absolute atomic E-state index is 0.00273. The highest BCUT2D eigenvalue weighted by Gasteiger charge is 2.20. The van der Waals surface area contributed by atoms with Gasteiger partial charge in [0.25, 0.3) is 5.91 Å². The molecular weight excluding hydrogens is 480 g/mol. The van der Waals surface area contributed by atoms with Crippen molar-refractivity contribution in [2.24, 2.45) is 0 Å². The van der Waals surface area contributed by atoms with Crippen molar-refractivity contribution in [1.82, 2.24) is 4.98 Å². The summed E-state index contributed by atoms with van der Waals surface area (Å²) in [7, 11) is 0. The third kappa shape index (κ3) is 6.24. The quantitative estimate of drug-likeness (QED) is 0.277. The Morgan fingerprint density at radius 2 is 1.68 bits per heavy atom. The third-order valence-electron chi connectivity index (χ3n) is 5.45. The zero-order valence-corrected chi connectivity index (χ0v) is 19.5. The monoisotopic (exact) mass is 501 g/mol.